The largest absolute Gasteiger partial charge is 0.507 e. The highest BCUT2D eigenvalue weighted by Gasteiger charge is 2.30. The maximum absolute atomic E-state index is 13.0. The normalized spacial score (nSPS) is 18.0. The molecule has 1 heterocycles. The third kappa shape index (κ3) is 3.52. The van der Waals surface area contributed by atoms with Gasteiger partial charge in [0.2, 0.25) is 0 Å². The van der Waals surface area contributed by atoms with Crippen LogP contribution in [0.5, 0.6) is 5.75 Å². The van der Waals surface area contributed by atoms with Gasteiger partial charge in [0.25, 0.3) is 5.91 Å². The number of phenolic OH excluding ortho intramolecular Hbond substituents is 1. The standard InChI is InChI=1S/C17H12BrFN2O2S/c1-21-16(23)15(9-10-2-7-14(22)13(18)8-10)24-17(21)20-12-5-3-11(19)4-6-12/h2-9,22H,1H3/b15-9+,20-17?. The number of hydrogen-bond acceptors (Lipinski definition) is 4. The summed E-state index contributed by atoms with van der Waals surface area (Å²) >= 11 is 4.50. The highest BCUT2D eigenvalue weighted by Crippen LogP contribution is 2.34. The molecule has 1 aliphatic heterocycles. The molecule has 0 aliphatic carbocycles. The van der Waals surface area contributed by atoms with Crippen LogP contribution in [0.1, 0.15) is 5.56 Å². The lowest BCUT2D eigenvalue weighted by Gasteiger charge is -2.06. The highest BCUT2D eigenvalue weighted by molar-refractivity contribution is 9.10. The lowest BCUT2D eigenvalue weighted by molar-refractivity contribution is -0.121. The van der Waals surface area contributed by atoms with Gasteiger partial charge < -0.3 is 5.11 Å². The number of thioether (sulfide) groups is 1. The smallest absolute Gasteiger partial charge is 0.266 e. The van der Waals surface area contributed by atoms with Crippen molar-refractivity contribution >= 4 is 50.5 Å². The van der Waals surface area contributed by atoms with Gasteiger partial charge in [-0.2, -0.15) is 0 Å². The Balaban J connectivity index is 1.89. The topological polar surface area (TPSA) is 52.9 Å². The van der Waals surface area contributed by atoms with Crippen LogP contribution < -0.4 is 0 Å². The monoisotopic (exact) mass is 406 g/mol. The van der Waals surface area contributed by atoms with E-state index in [4.69, 9.17) is 0 Å². The third-order valence-electron chi connectivity index (χ3n) is 3.32. The van der Waals surface area contributed by atoms with Crippen LogP contribution in [0.25, 0.3) is 6.08 Å². The number of carbonyl (C=O) groups is 1. The van der Waals surface area contributed by atoms with Crippen molar-refractivity contribution in [3.05, 3.63) is 63.2 Å². The molecular formula is C17H12BrFN2O2S. The first-order valence-corrected chi connectivity index (χ1v) is 8.55. The van der Waals surface area contributed by atoms with Gasteiger partial charge in [0.05, 0.1) is 15.1 Å². The van der Waals surface area contributed by atoms with Gasteiger partial charge >= 0.3 is 0 Å². The summed E-state index contributed by atoms with van der Waals surface area (Å²) in [5.74, 6) is -0.357. The van der Waals surface area contributed by atoms with Crippen molar-refractivity contribution in [2.24, 2.45) is 4.99 Å². The Labute approximate surface area is 150 Å². The number of likely N-dealkylation sites (N-methyl/N-ethyl adjacent to an activating group) is 1. The number of aromatic hydroxyl groups is 1. The maximum atomic E-state index is 13.0. The van der Waals surface area contributed by atoms with Crippen LogP contribution in [0.2, 0.25) is 0 Å². The maximum Gasteiger partial charge on any atom is 0.266 e. The quantitative estimate of drug-likeness (QED) is 0.745. The van der Waals surface area contributed by atoms with E-state index in [-0.39, 0.29) is 17.5 Å². The number of carbonyl (C=O) groups excluding carboxylic acids is 1. The fraction of sp³-hybridized carbons (Fsp3) is 0.0588. The minimum absolute atomic E-state index is 0.137. The predicted octanol–water partition coefficient (Wildman–Crippen LogP) is 4.53. The summed E-state index contributed by atoms with van der Waals surface area (Å²) in [6, 6.07) is 10.8. The first kappa shape index (κ1) is 16.7. The summed E-state index contributed by atoms with van der Waals surface area (Å²) in [7, 11) is 1.64. The van der Waals surface area contributed by atoms with E-state index in [2.05, 4.69) is 20.9 Å². The van der Waals surface area contributed by atoms with Crippen molar-refractivity contribution in [1.82, 2.24) is 4.90 Å². The molecule has 0 aromatic heterocycles. The molecular weight excluding hydrogens is 395 g/mol. The van der Waals surface area contributed by atoms with Gasteiger partial charge in [-0.05, 0) is 75.7 Å². The zero-order valence-corrected chi connectivity index (χ0v) is 14.9. The molecule has 1 fully saturated rings. The SMILES string of the molecule is CN1C(=O)/C(=C\c2ccc(O)c(Br)c2)SC1=Nc1ccc(F)cc1. The van der Waals surface area contributed by atoms with Gasteiger partial charge in [-0.25, -0.2) is 9.38 Å². The zero-order valence-electron chi connectivity index (χ0n) is 12.5. The number of amidine groups is 1. The zero-order chi connectivity index (χ0) is 17.3. The molecule has 1 amide bonds. The Morgan fingerprint density at radius 3 is 2.62 bits per heavy atom. The molecule has 0 unspecified atom stereocenters. The van der Waals surface area contributed by atoms with Crippen molar-refractivity contribution < 1.29 is 14.3 Å². The second kappa shape index (κ2) is 6.78. The number of phenols is 1. The fourth-order valence-electron chi connectivity index (χ4n) is 2.04. The van der Waals surface area contributed by atoms with Crippen LogP contribution in [0.15, 0.2) is 56.8 Å². The van der Waals surface area contributed by atoms with Crippen molar-refractivity contribution in [2.75, 3.05) is 7.05 Å². The van der Waals surface area contributed by atoms with E-state index in [0.29, 0.717) is 20.2 Å². The molecule has 4 nitrogen and oxygen atoms in total. The van der Waals surface area contributed by atoms with E-state index in [1.54, 1.807) is 43.5 Å². The second-order valence-electron chi connectivity index (χ2n) is 5.06. The van der Waals surface area contributed by atoms with E-state index < -0.39 is 0 Å². The number of nitrogens with zero attached hydrogens (tertiary/aromatic N) is 2. The minimum atomic E-state index is -0.332. The number of rotatable bonds is 2. The van der Waals surface area contributed by atoms with Gasteiger partial charge in [-0.1, -0.05) is 6.07 Å². The van der Waals surface area contributed by atoms with Crippen molar-refractivity contribution in [2.45, 2.75) is 0 Å². The molecule has 0 atom stereocenters. The number of hydrogen-bond donors (Lipinski definition) is 1. The van der Waals surface area contributed by atoms with Crippen molar-refractivity contribution in [3.63, 3.8) is 0 Å². The van der Waals surface area contributed by atoms with Crippen LogP contribution in [-0.2, 0) is 4.79 Å². The lowest BCUT2D eigenvalue weighted by atomic mass is 10.2. The van der Waals surface area contributed by atoms with Gasteiger partial charge in [0.1, 0.15) is 11.6 Å². The molecule has 7 heteroatoms. The summed E-state index contributed by atoms with van der Waals surface area (Å²) in [4.78, 5) is 18.7. The Bertz CT molecular complexity index is 865. The third-order valence-corrected chi connectivity index (χ3v) is 5.02. The van der Waals surface area contributed by atoms with Gasteiger partial charge in [-0.3, -0.25) is 9.69 Å². The van der Waals surface area contributed by atoms with Crippen molar-refractivity contribution in [1.29, 1.82) is 0 Å². The molecule has 122 valence electrons. The van der Waals surface area contributed by atoms with Crippen LogP contribution in [0.4, 0.5) is 10.1 Å². The van der Waals surface area contributed by atoms with Crippen LogP contribution in [-0.4, -0.2) is 28.1 Å². The molecule has 24 heavy (non-hydrogen) atoms. The average molecular weight is 407 g/mol. The molecule has 0 spiro atoms. The van der Waals surface area contributed by atoms with Gasteiger partial charge in [0.15, 0.2) is 5.17 Å². The van der Waals surface area contributed by atoms with Crippen LogP contribution >= 0.6 is 27.7 Å². The predicted molar refractivity (Wildman–Crippen MR) is 97.6 cm³/mol. The molecule has 0 saturated carbocycles. The molecule has 0 bridgehead atoms. The number of benzene rings is 2. The summed E-state index contributed by atoms with van der Waals surface area (Å²) in [6.07, 6.45) is 1.74. The summed E-state index contributed by atoms with van der Waals surface area (Å²) in [5.41, 5.74) is 1.36. The molecule has 1 N–H and O–H groups in total. The van der Waals surface area contributed by atoms with Crippen LogP contribution in [0.3, 0.4) is 0 Å². The number of amides is 1. The Kier molecular flexibility index (Phi) is 4.73. The fourth-order valence-corrected chi connectivity index (χ4v) is 3.43. The van der Waals surface area contributed by atoms with E-state index in [1.165, 1.54) is 28.8 Å². The van der Waals surface area contributed by atoms with Crippen molar-refractivity contribution in [3.8, 4) is 5.75 Å². The van der Waals surface area contributed by atoms with E-state index in [0.717, 1.165) is 5.56 Å². The highest BCUT2D eigenvalue weighted by atomic mass is 79.9. The van der Waals surface area contributed by atoms with E-state index >= 15 is 0 Å². The second-order valence-corrected chi connectivity index (χ2v) is 6.92. The molecule has 1 aliphatic rings. The molecule has 2 aromatic carbocycles. The number of halogens is 2. The van der Waals surface area contributed by atoms with E-state index in [1.807, 2.05) is 0 Å². The summed E-state index contributed by atoms with van der Waals surface area (Å²) < 4.78 is 13.5. The lowest BCUT2D eigenvalue weighted by Crippen LogP contribution is -2.23. The average Bonchev–Trinajstić information content (AvgIpc) is 2.81. The molecule has 0 radical (unpaired) electrons. The summed E-state index contributed by atoms with van der Waals surface area (Å²) in [5, 5.41) is 10.1. The minimum Gasteiger partial charge on any atom is -0.507 e. The molecule has 2 aromatic rings. The first-order valence-electron chi connectivity index (χ1n) is 6.94. The Morgan fingerprint density at radius 1 is 1.25 bits per heavy atom. The van der Waals surface area contributed by atoms with Crippen LogP contribution in [0, 0.1) is 5.82 Å². The molecule has 1 saturated heterocycles. The van der Waals surface area contributed by atoms with Gasteiger partial charge in [-0.15, -0.1) is 0 Å². The summed E-state index contributed by atoms with van der Waals surface area (Å²) in [6.45, 7) is 0. The molecule has 3 rings (SSSR count). The first-order chi connectivity index (χ1) is 11.4. The van der Waals surface area contributed by atoms with Gasteiger partial charge in [0, 0.05) is 7.05 Å². The number of aliphatic imine (C=N–C) groups is 1. The Hall–Kier alpha value is -2.12. The Morgan fingerprint density at radius 2 is 1.96 bits per heavy atom. The van der Waals surface area contributed by atoms with E-state index in [9.17, 15) is 14.3 Å².